The topological polar surface area (TPSA) is 58.2 Å². The van der Waals surface area contributed by atoms with Gasteiger partial charge in [-0.1, -0.05) is 28.1 Å². The molecular formula is C13H19BrN2O2S. The lowest BCUT2D eigenvalue weighted by Crippen LogP contribution is -2.37. The minimum absolute atomic E-state index is 0.219. The van der Waals surface area contributed by atoms with Crippen molar-refractivity contribution in [3.63, 3.8) is 0 Å². The van der Waals surface area contributed by atoms with Gasteiger partial charge in [0.1, 0.15) is 0 Å². The van der Waals surface area contributed by atoms with E-state index in [1.54, 1.807) is 0 Å². The van der Waals surface area contributed by atoms with Gasteiger partial charge in [0.25, 0.3) is 0 Å². The van der Waals surface area contributed by atoms with E-state index in [1.165, 1.54) is 0 Å². The zero-order valence-corrected chi connectivity index (χ0v) is 13.1. The van der Waals surface area contributed by atoms with Crippen LogP contribution in [0.25, 0.3) is 0 Å². The van der Waals surface area contributed by atoms with Gasteiger partial charge in [0, 0.05) is 11.0 Å². The zero-order chi connectivity index (χ0) is 13.7. The van der Waals surface area contributed by atoms with E-state index >= 15 is 0 Å². The standard InChI is InChI=1S/C13H19BrN2O2S/c14-13-5-3-11(4-6-13)9-16-19(17,18)10-12-2-1-7-15-8-12/h3-6,12,15-16H,1-2,7-10H2. The summed E-state index contributed by atoms with van der Waals surface area (Å²) in [4.78, 5) is 0. The molecule has 1 aliphatic heterocycles. The molecule has 106 valence electrons. The smallest absolute Gasteiger partial charge is 0.212 e. The summed E-state index contributed by atoms with van der Waals surface area (Å²) in [5, 5.41) is 3.24. The van der Waals surface area contributed by atoms with Crippen molar-refractivity contribution in [1.82, 2.24) is 10.0 Å². The highest BCUT2D eigenvalue weighted by molar-refractivity contribution is 9.10. The van der Waals surface area contributed by atoms with Gasteiger partial charge in [-0.2, -0.15) is 0 Å². The van der Waals surface area contributed by atoms with Crippen LogP contribution in [-0.2, 0) is 16.6 Å². The maximum Gasteiger partial charge on any atom is 0.212 e. The molecule has 4 nitrogen and oxygen atoms in total. The van der Waals surface area contributed by atoms with E-state index in [-0.39, 0.29) is 11.7 Å². The van der Waals surface area contributed by atoms with E-state index in [0.717, 1.165) is 36.0 Å². The molecule has 0 saturated carbocycles. The second-order valence-corrected chi connectivity index (χ2v) is 7.71. The summed E-state index contributed by atoms with van der Waals surface area (Å²) in [6.45, 7) is 2.16. The van der Waals surface area contributed by atoms with Crippen LogP contribution in [0, 0.1) is 5.92 Å². The summed E-state index contributed by atoms with van der Waals surface area (Å²) in [6, 6.07) is 7.65. The van der Waals surface area contributed by atoms with E-state index in [1.807, 2.05) is 24.3 Å². The normalized spacial score (nSPS) is 20.4. The van der Waals surface area contributed by atoms with Crippen molar-refractivity contribution in [2.75, 3.05) is 18.8 Å². The monoisotopic (exact) mass is 346 g/mol. The van der Waals surface area contributed by atoms with E-state index in [9.17, 15) is 8.42 Å². The van der Waals surface area contributed by atoms with Crippen LogP contribution in [0.2, 0.25) is 0 Å². The fraction of sp³-hybridized carbons (Fsp3) is 0.538. The summed E-state index contributed by atoms with van der Waals surface area (Å²) < 4.78 is 27.6. The Morgan fingerprint density at radius 1 is 1.32 bits per heavy atom. The molecule has 0 aliphatic carbocycles. The average Bonchev–Trinajstić information content (AvgIpc) is 2.39. The molecule has 0 radical (unpaired) electrons. The Kier molecular flexibility index (Phi) is 5.38. The molecule has 19 heavy (non-hydrogen) atoms. The highest BCUT2D eigenvalue weighted by atomic mass is 79.9. The number of piperidine rings is 1. The van der Waals surface area contributed by atoms with Gasteiger partial charge in [0.2, 0.25) is 10.0 Å². The molecule has 1 aliphatic rings. The van der Waals surface area contributed by atoms with Gasteiger partial charge in [0.05, 0.1) is 5.75 Å². The predicted molar refractivity (Wildman–Crippen MR) is 80.4 cm³/mol. The number of nitrogens with one attached hydrogen (secondary N) is 2. The van der Waals surface area contributed by atoms with Crippen LogP contribution >= 0.6 is 15.9 Å². The number of halogens is 1. The van der Waals surface area contributed by atoms with Crippen molar-refractivity contribution in [3.05, 3.63) is 34.3 Å². The Labute approximate surface area is 123 Å². The number of benzene rings is 1. The third-order valence-corrected chi connectivity index (χ3v) is 5.29. The van der Waals surface area contributed by atoms with Gasteiger partial charge in [-0.05, 0) is 49.5 Å². The molecule has 2 N–H and O–H groups in total. The van der Waals surface area contributed by atoms with Crippen LogP contribution in [-0.4, -0.2) is 27.3 Å². The van der Waals surface area contributed by atoms with Crippen molar-refractivity contribution in [1.29, 1.82) is 0 Å². The van der Waals surface area contributed by atoms with E-state index in [0.29, 0.717) is 6.54 Å². The molecule has 0 aromatic heterocycles. The molecule has 6 heteroatoms. The van der Waals surface area contributed by atoms with Gasteiger partial charge in [-0.3, -0.25) is 0 Å². The predicted octanol–water partition coefficient (Wildman–Crippen LogP) is 1.87. The quantitative estimate of drug-likeness (QED) is 0.855. The third-order valence-electron chi connectivity index (χ3n) is 3.26. The number of hydrogen-bond donors (Lipinski definition) is 2. The first kappa shape index (κ1) is 15.0. The first-order valence-corrected chi connectivity index (χ1v) is 8.92. The Bertz CT molecular complexity index is 496. The van der Waals surface area contributed by atoms with Crippen molar-refractivity contribution >= 4 is 26.0 Å². The van der Waals surface area contributed by atoms with Crippen molar-refractivity contribution in [3.8, 4) is 0 Å². The van der Waals surface area contributed by atoms with Crippen LogP contribution < -0.4 is 10.0 Å². The molecule has 1 saturated heterocycles. The first-order valence-electron chi connectivity index (χ1n) is 6.48. The lowest BCUT2D eigenvalue weighted by Gasteiger charge is -2.22. The maximum atomic E-state index is 12.0. The Morgan fingerprint density at radius 2 is 2.05 bits per heavy atom. The van der Waals surface area contributed by atoms with Crippen LogP contribution in [0.15, 0.2) is 28.7 Å². The van der Waals surface area contributed by atoms with Crippen LogP contribution in [0.4, 0.5) is 0 Å². The maximum absolute atomic E-state index is 12.0. The van der Waals surface area contributed by atoms with Gasteiger partial charge in [-0.15, -0.1) is 0 Å². The molecule has 1 fully saturated rings. The van der Waals surface area contributed by atoms with E-state index < -0.39 is 10.0 Å². The van der Waals surface area contributed by atoms with Gasteiger partial charge < -0.3 is 5.32 Å². The molecular weight excluding hydrogens is 328 g/mol. The summed E-state index contributed by atoms with van der Waals surface area (Å²) in [7, 11) is -3.19. The number of rotatable bonds is 5. The first-order chi connectivity index (χ1) is 9.05. The molecule has 1 aromatic carbocycles. The minimum Gasteiger partial charge on any atom is -0.316 e. The molecule has 1 aromatic rings. The van der Waals surface area contributed by atoms with Crippen molar-refractivity contribution in [2.45, 2.75) is 19.4 Å². The fourth-order valence-electron chi connectivity index (χ4n) is 2.23. The Balaban J connectivity index is 1.84. The van der Waals surface area contributed by atoms with Crippen LogP contribution in [0.3, 0.4) is 0 Å². The minimum atomic E-state index is -3.19. The van der Waals surface area contributed by atoms with E-state index in [4.69, 9.17) is 0 Å². The molecule has 1 atom stereocenters. The second-order valence-electron chi connectivity index (χ2n) is 4.94. The molecule has 0 amide bonds. The summed E-state index contributed by atoms with van der Waals surface area (Å²) in [5.74, 6) is 0.451. The SMILES string of the molecule is O=S(=O)(CC1CCCNC1)NCc1ccc(Br)cc1. The lowest BCUT2D eigenvalue weighted by molar-refractivity contribution is 0.402. The molecule has 1 unspecified atom stereocenters. The van der Waals surface area contributed by atoms with Gasteiger partial charge in [0.15, 0.2) is 0 Å². The van der Waals surface area contributed by atoms with Crippen LogP contribution in [0.5, 0.6) is 0 Å². The summed E-state index contributed by atoms with van der Waals surface area (Å²) in [6.07, 6.45) is 2.05. The van der Waals surface area contributed by atoms with Crippen molar-refractivity contribution in [2.24, 2.45) is 5.92 Å². The number of hydrogen-bond acceptors (Lipinski definition) is 3. The molecule has 0 spiro atoms. The summed E-state index contributed by atoms with van der Waals surface area (Å²) >= 11 is 3.36. The Morgan fingerprint density at radius 3 is 2.68 bits per heavy atom. The lowest BCUT2D eigenvalue weighted by atomic mass is 10.0. The largest absolute Gasteiger partial charge is 0.316 e. The third kappa shape index (κ3) is 5.22. The highest BCUT2D eigenvalue weighted by Crippen LogP contribution is 2.13. The molecule has 2 rings (SSSR count). The fourth-order valence-corrected chi connectivity index (χ4v) is 3.90. The molecule has 1 heterocycles. The zero-order valence-electron chi connectivity index (χ0n) is 10.7. The van der Waals surface area contributed by atoms with Crippen molar-refractivity contribution < 1.29 is 8.42 Å². The van der Waals surface area contributed by atoms with Gasteiger partial charge in [-0.25, -0.2) is 13.1 Å². The van der Waals surface area contributed by atoms with Gasteiger partial charge >= 0.3 is 0 Å². The second kappa shape index (κ2) is 6.83. The highest BCUT2D eigenvalue weighted by Gasteiger charge is 2.20. The summed E-state index contributed by atoms with van der Waals surface area (Å²) in [5.41, 5.74) is 0.966. The van der Waals surface area contributed by atoms with Crippen LogP contribution in [0.1, 0.15) is 18.4 Å². The molecule has 0 bridgehead atoms. The average molecular weight is 347 g/mol. The number of sulfonamides is 1. The Hall–Kier alpha value is -0.430. The van der Waals surface area contributed by atoms with E-state index in [2.05, 4.69) is 26.0 Å².